The van der Waals surface area contributed by atoms with Crippen molar-refractivity contribution in [3.05, 3.63) is 42.0 Å². The molecule has 5 rings (SSSR count). The molecule has 1 saturated heterocycles. The molecule has 1 aliphatic heterocycles. The minimum absolute atomic E-state index is 0.0244. The molecule has 2 fully saturated rings. The standard InChI is InChI=1S/C28H36N6O5S2/c1-4-34(5-2)16-15-33(3)24-13-12-23-27(30-24)40-28(29-23)31-26(35)25(32-39-20-14-17-38-18-20)19-6-8-21(9-7-19)41(36,37)22-10-11-22/h6-9,12-13,20,22H,4-5,10-11,14-18H2,1-3H3,(H,29,31,35)/b32-25+/t20-/m1/s1. The number of nitrogens with zero attached hydrogens (tertiary/aromatic N) is 5. The van der Waals surface area contributed by atoms with Crippen LogP contribution in [0.25, 0.3) is 10.3 Å². The van der Waals surface area contributed by atoms with Gasteiger partial charge in [-0.25, -0.2) is 18.4 Å². The van der Waals surface area contributed by atoms with Crippen LogP contribution in [0.1, 0.15) is 38.7 Å². The van der Waals surface area contributed by atoms with E-state index in [1.165, 1.54) is 23.5 Å². The van der Waals surface area contributed by atoms with Gasteiger partial charge in [-0.15, -0.1) is 0 Å². The largest absolute Gasteiger partial charge is 0.389 e. The molecular formula is C28H36N6O5S2. The van der Waals surface area contributed by atoms with Gasteiger partial charge in [0.05, 0.1) is 23.4 Å². The molecule has 220 valence electrons. The fourth-order valence-electron chi connectivity index (χ4n) is 4.50. The summed E-state index contributed by atoms with van der Waals surface area (Å²) in [6, 6.07) is 10.0. The van der Waals surface area contributed by atoms with Crippen molar-refractivity contribution in [1.29, 1.82) is 0 Å². The van der Waals surface area contributed by atoms with Crippen molar-refractivity contribution >= 4 is 54.1 Å². The molecule has 0 bridgehead atoms. The average molecular weight is 601 g/mol. The van der Waals surface area contributed by atoms with Crippen LogP contribution in [0.5, 0.6) is 0 Å². The summed E-state index contributed by atoms with van der Waals surface area (Å²) < 4.78 is 30.6. The third kappa shape index (κ3) is 7.03. The summed E-state index contributed by atoms with van der Waals surface area (Å²) in [6.07, 6.45) is 1.78. The van der Waals surface area contributed by atoms with E-state index in [1.807, 2.05) is 19.2 Å². The number of hydrogen-bond acceptors (Lipinski definition) is 11. The van der Waals surface area contributed by atoms with E-state index >= 15 is 0 Å². The third-order valence-electron chi connectivity index (χ3n) is 7.31. The molecule has 2 aliphatic rings. The molecule has 0 unspecified atom stereocenters. The minimum atomic E-state index is -3.35. The van der Waals surface area contributed by atoms with E-state index < -0.39 is 15.7 Å². The monoisotopic (exact) mass is 600 g/mol. The van der Waals surface area contributed by atoms with Crippen LogP contribution >= 0.6 is 11.3 Å². The minimum Gasteiger partial charge on any atom is -0.389 e. The lowest BCUT2D eigenvalue weighted by molar-refractivity contribution is -0.110. The molecular weight excluding hydrogens is 564 g/mol. The molecule has 0 radical (unpaired) electrons. The van der Waals surface area contributed by atoms with Crippen molar-refractivity contribution in [2.45, 2.75) is 49.4 Å². The summed E-state index contributed by atoms with van der Waals surface area (Å²) in [5.41, 5.74) is 1.14. The lowest BCUT2D eigenvalue weighted by Crippen LogP contribution is -2.33. The first-order valence-electron chi connectivity index (χ1n) is 14.0. The molecule has 3 aromatic rings. The zero-order valence-corrected chi connectivity index (χ0v) is 25.2. The summed E-state index contributed by atoms with van der Waals surface area (Å²) >= 11 is 1.28. The quantitative estimate of drug-likeness (QED) is 0.232. The normalized spacial score (nSPS) is 17.8. The van der Waals surface area contributed by atoms with Crippen LogP contribution in [0.3, 0.4) is 0 Å². The highest BCUT2D eigenvalue weighted by molar-refractivity contribution is 7.92. The molecule has 0 spiro atoms. The second kappa shape index (κ2) is 12.8. The third-order valence-corrected chi connectivity index (χ3v) is 10.5. The number of rotatable bonds is 13. The number of carbonyl (C=O) groups excluding carboxylic acids is 1. The van der Waals surface area contributed by atoms with E-state index in [0.717, 1.165) is 32.0 Å². The Hall–Kier alpha value is -3.13. The Kier molecular flexibility index (Phi) is 9.17. The van der Waals surface area contributed by atoms with E-state index in [1.54, 1.807) is 12.1 Å². The Morgan fingerprint density at radius 3 is 2.51 bits per heavy atom. The van der Waals surface area contributed by atoms with Gasteiger partial charge in [-0.2, -0.15) is 0 Å². The zero-order valence-electron chi connectivity index (χ0n) is 23.6. The van der Waals surface area contributed by atoms with E-state index in [2.05, 4.69) is 39.1 Å². The number of ether oxygens (including phenoxy) is 1. The van der Waals surface area contributed by atoms with Gasteiger partial charge in [0.2, 0.25) is 0 Å². The molecule has 1 N–H and O–H groups in total. The number of amides is 1. The fourth-order valence-corrected chi connectivity index (χ4v) is 6.98. The number of fused-ring (bicyclic) bond motifs is 1. The van der Waals surface area contributed by atoms with Gasteiger partial charge in [-0.05, 0) is 50.2 Å². The molecule has 3 heterocycles. The maximum atomic E-state index is 13.4. The number of carbonyl (C=O) groups is 1. The molecule has 41 heavy (non-hydrogen) atoms. The first kappa shape index (κ1) is 29.4. The number of anilines is 2. The molecule has 1 saturated carbocycles. The van der Waals surface area contributed by atoms with Gasteiger partial charge in [0.1, 0.15) is 16.2 Å². The number of aromatic nitrogens is 2. The van der Waals surface area contributed by atoms with Crippen molar-refractivity contribution in [2.75, 3.05) is 56.7 Å². The number of sulfone groups is 1. The van der Waals surface area contributed by atoms with Gasteiger partial charge < -0.3 is 19.4 Å². The average Bonchev–Trinajstić information content (AvgIpc) is 3.58. The van der Waals surface area contributed by atoms with E-state index in [-0.39, 0.29) is 22.0 Å². The molecule has 1 aliphatic carbocycles. The van der Waals surface area contributed by atoms with Crippen LogP contribution in [0, 0.1) is 0 Å². The predicted molar refractivity (Wildman–Crippen MR) is 161 cm³/mol. The summed E-state index contributed by atoms with van der Waals surface area (Å²) in [5.74, 6) is 0.319. The number of likely N-dealkylation sites (N-methyl/N-ethyl adjacent to an activating group) is 2. The summed E-state index contributed by atoms with van der Waals surface area (Å²) in [6.45, 7) is 9.06. The Balaban J connectivity index is 1.33. The predicted octanol–water partition coefficient (Wildman–Crippen LogP) is 3.55. The first-order valence-corrected chi connectivity index (χ1v) is 16.3. The molecule has 13 heteroatoms. The van der Waals surface area contributed by atoms with Crippen LogP contribution in [-0.2, 0) is 24.2 Å². The van der Waals surface area contributed by atoms with E-state index in [4.69, 9.17) is 14.6 Å². The number of hydrogen-bond donors (Lipinski definition) is 1. The highest BCUT2D eigenvalue weighted by atomic mass is 32.2. The van der Waals surface area contributed by atoms with Crippen molar-refractivity contribution in [1.82, 2.24) is 14.9 Å². The number of oxime groups is 1. The first-order chi connectivity index (χ1) is 19.8. The van der Waals surface area contributed by atoms with Crippen molar-refractivity contribution in [3.63, 3.8) is 0 Å². The summed E-state index contributed by atoms with van der Waals surface area (Å²) in [5, 5.41) is 7.07. The number of nitrogens with one attached hydrogen (secondary N) is 1. The van der Waals surface area contributed by atoms with Crippen molar-refractivity contribution in [2.24, 2.45) is 5.16 Å². The van der Waals surface area contributed by atoms with Gasteiger partial charge in [-0.3, -0.25) is 10.1 Å². The molecule has 2 aromatic heterocycles. The molecule has 1 amide bonds. The van der Waals surface area contributed by atoms with Crippen molar-refractivity contribution < 1.29 is 22.8 Å². The molecule has 11 nitrogen and oxygen atoms in total. The van der Waals surface area contributed by atoms with Gasteiger partial charge in [-0.1, -0.05) is 42.5 Å². The highest BCUT2D eigenvalue weighted by Crippen LogP contribution is 2.33. The highest BCUT2D eigenvalue weighted by Gasteiger charge is 2.37. The van der Waals surface area contributed by atoms with Crippen LogP contribution < -0.4 is 10.2 Å². The van der Waals surface area contributed by atoms with Crippen LogP contribution in [0.15, 0.2) is 46.4 Å². The van der Waals surface area contributed by atoms with Crippen LogP contribution in [0.4, 0.5) is 10.9 Å². The topological polar surface area (TPSA) is 126 Å². The molecule has 1 aromatic carbocycles. The lowest BCUT2D eigenvalue weighted by Gasteiger charge is -2.23. The second-order valence-electron chi connectivity index (χ2n) is 10.2. The Morgan fingerprint density at radius 1 is 1.10 bits per heavy atom. The van der Waals surface area contributed by atoms with Gasteiger partial charge in [0.15, 0.2) is 26.8 Å². The Bertz CT molecular complexity index is 1490. The van der Waals surface area contributed by atoms with Crippen LogP contribution in [0.2, 0.25) is 0 Å². The summed E-state index contributed by atoms with van der Waals surface area (Å²) in [7, 11) is -1.33. The number of thiazole rings is 1. The lowest BCUT2D eigenvalue weighted by atomic mass is 10.1. The second-order valence-corrected chi connectivity index (χ2v) is 13.4. The van der Waals surface area contributed by atoms with Gasteiger partial charge in [0.25, 0.3) is 5.91 Å². The Morgan fingerprint density at radius 2 is 1.85 bits per heavy atom. The Labute approximate surface area is 244 Å². The SMILES string of the molecule is CCN(CC)CCN(C)c1ccc2nc(NC(=O)/C(=N/O[C@@H]3CCOC3)c3ccc(S(=O)(=O)C4CC4)cc3)sc2n1. The van der Waals surface area contributed by atoms with Crippen molar-refractivity contribution in [3.8, 4) is 0 Å². The molecule has 1 atom stereocenters. The smallest absolute Gasteiger partial charge is 0.280 e. The zero-order chi connectivity index (χ0) is 29.0. The fraction of sp³-hybridized carbons (Fsp3) is 0.500. The van der Waals surface area contributed by atoms with E-state index in [9.17, 15) is 13.2 Å². The number of pyridine rings is 1. The van der Waals surface area contributed by atoms with Gasteiger partial charge >= 0.3 is 0 Å². The van der Waals surface area contributed by atoms with E-state index in [0.29, 0.717) is 53.5 Å². The van der Waals surface area contributed by atoms with Crippen LogP contribution in [-0.4, -0.2) is 92.7 Å². The maximum Gasteiger partial charge on any atom is 0.280 e. The summed E-state index contributed by atoms with van der Waals surface area (Å²) in [4.78, 5) is 33.8. The maximum absolute atomic E-state index is 13.4. The number of benzene rings is 1. The van der Waals surface area contributed by atoms with Gasteiger partial charge in [0, 0.05) is 32.1 Å².